The Bertz CT molecular complexity index is 1330. The Morgan fingerprint density at radius 2 is 1.67 bits per heavy atom. The van der Waals surface area contributed by atoms with Gasteiger partial charge in [0.2, 0.25) is 0 Å². The lowest BCUT2D eigenvalue weighted by Crippen LogP contribution is -2.31. The topological polar surface area (TPSA) is 94.7 Å². The van der Waals surface area contributed by atoms with Gasteiger partial charge in [0.1, 0.15) is 5.75 Å². The molecule has 0 aliphatic carbocycles. The number of amides is 1. The molecule has 0 aliphatic rings. The Hall–Kier alpha value is -3.91. The van der Waals surface area contributed by atoms with Crippen molar-refractivity contribution in [1.82, 2.24) is 19.5 Å². The van der Waals surface area contributed by atoms with Crippen molar-refractivity contribution in [1.29, 1.82) is 0 Å². The third-order valence-corrected chi connectivity index (χ3v) is 5.20. The number of ether oxygens (including phenoxy) is 1. The minimum Gasteiger partial charge on any atom is -0.484 e. The van der Waals surface area contributed by atoms with Gasteiger partial charge in [0.25, 0.3) is 5.91 Å². The Labute approximate surface area is 194 Å². The van der Waals surface area contributed by atoms with Crippen molar-refractivity contribution in [3.05, 3.63) is 99.6 Å². The molecule has 168 valence electrons. The second kappa shape index (κ2) is 10.1. The van der Waals surface area contributed by atoms with Crippen LogP contribution in [0.25, 0.3) is 5.65 Å². The molecule has 2 aromatic carbocycles. The van der Waals surface area contributed by atoms with Crippen LogP contribution in [-0.2, 0) is 11.3 Å². The number of halogens is 1. The molecule has 1 N–H and O–H groups in total. The number of rotatable bonds is 9. The van der Waals surface area contributed by atoms with Crippen molar-refractivity contribution < 1.29 is 14.3 Å². The number of fused-ring (bicyclic) bond motifs is 1. The molecule has 0 unspecified atom stereocenters. The number of carbonyl (C=O) groups excluding carboxylic acids is 2. The standard InChI is InChI=1S/C24H21ClN4O4/c25-19-9-5-17(6-10-19)23(31)18-7-11-20(12-8-18)33-16-22(30)26-13-3-15-29-24(32)28-14-2-1-4-21(28)27-29/h1-2,4-12,14H,3,13,15-16H2,(H,26,30). The average molecular weight is 465 g/mol. The zero-order chi connectivity index (χ0) is 23.2. The number of aryl methyl sites for hydroxylation is 1. The van der Waals surface area contributed by atoms with Gasteiger partial charge in [0, 0.05) is 35.4 Å². The smallest absolute Gasteiger partial charge is 0.350 e. The average Bonchev–Trinajstić information content (AvgIpc) is 3.16. The highest BCUT2D eigenvalue weighted by Gasteiger charge is 2.10. The van der Waals surface area contributed by atoms with Crippen LogP contribution in [-0.4, -0.2) is 39.0 Å². The van der Waals surface area contributed by atoms with Crippen LogP contribution < -0.4 is 15.7 Å². The van der Waals surface area contributed by atoms with Gasteiger partial charge in [-0.1, -0.05) is 17.7 Å². The molecular weight excluding hydrogens is 444 g/mol. The molecule has 0 saturated carbocycles. The highest BCUT2D eigenvalue weighted by atomic mass is 35.5. The van der Waals surface area contributed by atoms with E-state index in [1.165, 1.54) is 9.08 Å². The Kier molecular flexibility index (Phi) is 6.85. The van der Waals surface area contributed by atoms with Crippen LogP contribution >= 0.6 is 11.6 Å². The third-order valence-electron chi connectivity index (χ3n) is 4.95. The molecule has 0 atom stereocenters. The van der Waals surface area contributed by atoms with E-state index in [1.807, 2.05) is 6.07 Å². The second-order valence-corrected chi connectivity index (χ2v) is 7.72. The summed E-state index contributed by atoms with van der Waals surface area (Å²) in [6.45, 7) is 0.626. The summed E-state index contributed by atoms with van der Waals surface area (Å²) in [5, 5.41) is 7.57. The minimum atomic E-state index is -0.279. The van der Waals surface area contributed by atoms with E-state index >= 15 is 0 Å². The number of hydrogen-bond acceptors (Lipinski definition) is 5. The quantitative estimate of drug-likeness (QED) is 0.303. The highest BCUT2D eigenvalue weighted by Crippen LogP contribution is 2.17. The van der Waals surface area contributed by atoms with Crippen molar-refractivity contribution in [3.63, 3.8) is 0 Å². The molecule has 0 radical (unpaired) electrons. The van der Waals surface area contributed by atoms with Gasteiger partial charge in [-0.15, -0.1) is 5.10 Å². The van der Waals surface area contributed by atoms with Gasteiger partial charge in [-0.25, -0.2) is 9.48 Å². The molecule has 2 heterocycles. The maximum atomic E-state index is 12.5. The number of nitrogens with one attached hydrogen (secondary N) is 1. The predicted octanol–water partition coefficient (Wildman–Crippen LogP) is 2.97. The molecule has 2 aromatic heterocycles. The van der Waals surface area contributed by atoms with Crippen molar-refractivity contribution in [2.24, 2.45) is 0 Å². The number of pyridine rings is 1. The molecule has 8 nitrogen and oxygen atoms in total. The molecule has 1 amide bonds. The molecule has 0 bridgehead atoms. The lowest BCUT2D eigenvalue weighted by molar-refractivity contribution is -0.123. The predicted molar refractivity (Wildman–Crippen MR) is 124 cm³/mol. The van der Waals surface area contributed by atoms with Crippen molar-refractivity contribution in [2.75, 3.05) is 13.2 Å². The Morgan fingerprint density at radius 3 is 2.36 bits per heavy atom. The van der Waals surface area contributed by atoms with Crippen LogP contribution in [0.3, 0.4) is 0 Å². The molecule has 4 rings (SSSR count). The number of hydrogen-bond donors (Lipinski definition) is 1. The van der Waals surface area contributed by atoms with Crippen LogP contribution in [0.5, 0.6) is 5.75 Å². The first-order valence-corrected chi connectivity index (χ1v) is 10.7. The number of carbonyl (C=O) groups is 2. The number of nitrogens with zero attached hydrogens (tertiary/aromatic N) is 3. The Balaban J connectivity index is 1.21. The van der Waals surface area contributed by atoms with Gasteiger partial charge in [0.15, 0.2) is 18.0 Å². The summed E-state index contributed by atoms with van der Waals surface area (Å²) in [7, 11) is 0. The number of aromatic nitrogens is 3. The molecule has 0 spiro atoms. The molecule has 0 aliphatic heterocycles. The molecule has 9 heteroatoms. The van der Waals surface area contributed by atoms with Crippen molar-refractivity contribution >= 4 is 28.9 Å². The fraction of sp³-hybridized carbons (Fsp3) is 0.167. The first-order chi connectivity index (χ1) is 16.0. The summed E-state index contributed by atoms with van der Waals surface area (Å²) in [4.78, 5) is 36.7. The van der Waals surface area contributed by atoms with Crippen molar-refractivity contribution in [3.8, 4) is 5.75 Å². The second-order valence-electron chi connectivity index (χ2n) is 7.29. The van der Waals surface area contributed by atoms with Crippen LogP contribution in [0.4, 0.5) is 0 Å². The third kappa shape index (κ3) is 5.48. The summed E-state index contributed by atoms with van der Waals surface area (Å²) < 4.78 is 8.34. The van der Waals surface area contributed by atoms with Crippen LogP contribution in [0.15, 0.2) is 77.7 Å². The van der Waals surface area contributed by atoms with E-state index < -0.39 is 0 Å². The van der Waals surface area contributed by atoms with Crippen molar-refractivity contribution in [2.45, 2.75) is 13.0 Å². The largest absolute Gasteiger partial charge is 0.484 e. The Morgan fingerprint density at radius 1 is 0.970 bits per heavy atom. The lowest BCUT2D eigenvalue weighted by atomic mass is 10.0. The lowest BCUT2D eigenvalue weighted by Gasteiger charge is -2.08. The highest BCUT2D eigenvalue weighted by molar-refractivity contribution is 6.30. The molecular formula is C24H21ClN4O4. The van der Waals surface area contributed by atoms with E-state index in [0.717, 1.165) is 0 Å². The zero-order valence-corrected chi connectivity index (χ0v) is 18.4. The summed E-state index contributed by atoms with van der Waals surface area (Å²) in [5.74, 6) is 0.0772. The summed E-state index contributed by atoms with van der Waals surface area (Å²) in [5.41, 5.74) is 1.42. The van der Waals surface area contributed by atoms with Crippen LogP contribution in [0.2, 0.25) is 5.02 Å². The maximum absolute atomic E-state index is 12.5. The molecule has 4 aromatic rings. The maximum Gasteiger partial charge on any atom is 0.350 e. The van der Waals surface area contributed by atoms with E-state index in [0.29, 0.717) is 47.1 Å². The fourth-order valence-electron chi connectivity index (χ4n) is 3.24. The van der Waals surface area contributed by atoms with Gasteiger partial charge in [-0.2, -0.15) is 0 Å². The van der Waals surface area contributed by atoms with Gasteiger partial charge in [-0.3, -0.25) is 14.0 Å². The summed E-state index contributed by atoms with van der Waals surface area (Å²) in [6.07, 6.45) is 2.22. The monoisotopic (exact) mass is 464 g/mol. The number of benzene rings is 2. The van der Waals surface area contributed by atoms with Gasteiger partial charge < -0.3 is 10.1 Å². The number of ketones is 1. The first-order valence-electron chi connectivity index (χ1n) is 10.4. The van der Waals surface area contributed by atoms with Crippen LogP contribution in [0, 0.1) is 0 Å². The zero-order valence-electron chi connectivity index (χ0n) is 17.6. The normalized spacial score (nSPS) is 10.8. The van der Waals surface area contributed by atoms with E-state index in [1.54, 1.807) is 66.9 Å². The summed E-state index contributed by atoms with van der Waals surface area (Å²) in [6, 6.07) is 18.6. The SMILES string of the molecule is O=C(COc1ccc(C(=O)c2ccc(Cl)cc2)cc1)NCCCn1nc2ccccn2c1=O. The van der Waals surface area contributed by atoms with E-state index in [2.05, 4.69) is 10.4 Å². The van der Waals surface area contributed by atoms with Gasteiger partial charge in [-0.05, 0) is 67.1 Å². The van der Waals surface area contributed by atoms with Gasteiger partial charge in [0.05, 0.1) is 0 Å². The molecule has 33 heavy (non-hydrogen) atoms. The minimum absolute atomic E-state index is 0.124. The summed E-state index contributed by atoms with van der Waals surface area (Å²) >= 11 is 5.86. The van der Waals surface area contributed by atoms with Crippen LogP contribution in [0.1, 0.15) is 22.3 Å². The van der Waals surface area contributed by atoms with E-state index in [4.69, 9.17) is 16.3 Å². The van der Waals surface area contributed by atoms with Gasteiger partial charge >= 0.3 is 5.69 Å². The van der Waals surface area contributed by atoms with E-state index in [-0.39, 0.29) is 24.0 Å². The van der Waals surface area contributed by atoms with E-state index in [9.17, 15) is 14.4 Å². The molecule has 0 fully saturated rings. The molecule has 0 saturated heterocycles. The fourth-order valence-corrected chi connectivity index (χ4v) is 3.37. The first kappa shape index (κ1) is 22.3.